The van der Waals surface area contributed by atoms with Crippen molar-refractivity contribution in [3.05, 3.63) is 70.8 Å². The number of benzene rings is 3. The van der Waals surface area contributed by atoms with Crippen LogP contribution in [0.1, 0.15) is 65.0 Å². The fourth-order valence-electron chi connectivity index (χ4n) is 6.01. The van der Waals surface area contributed by atoms with E-state index in [-0.39, 0.29) is 37.8 Å². The molecule has 1 N–H and O–H groups in total. The van der Waals surface area contributed by atoms with Crippen molar-refractivity contribution in [2.45, 2.75) is 65.7 Å². The Balaban J connectivity index is 2.00. The van der Waals surface area contributed by atoms with Crippen molar-refractivity contribution in [3.63, 3.8) is 0 Å². The van der Waals surface area contributed by atoms with Gasteiger partial charge in [0.2, 0.25) is 11.0 Å². The molecule has 0 aliphatic carbocycles. The molecule has 0 radical (unpaired) electrons. The first kappa shape index (κ1) is 38.5. The zero-order chi connectivity index (χ0) is 36.6. The van der Waals surface area contributed by atoms with Gasteiger partial charge in [-0.05, 0) is 74.2 Å². The van der Waals surface area contributed by atoms with Crippen LogP contribution in [0.2, 0.25) is 0 Å². The van der Waals surface area contributed by atoms with Gasteiger partial charge in [-0.1, -0.05) is 13.8 Å². The number of aromatic nitrogens is 1. The van der Waals surface area contributed by atoms with Crippen LogP contribution in [0.4, 0.5) is 0 Å². The van der Waals surface area contributed by atoms with Gasteiger partial charge in [0.05, 0.1) is 54.1 Å². The second-order valence-corrected chi connectivity index (χ2v) is 13.6. The highest BCUT2D eigenvalue weighted by molar-refractivity contribution is 7.85. The third-order valence-electron chi connectivity index (χ3n) is 8.34. The number of hydrogen-bond donors (Lipinski definition) is 1. The summed E-state index contributed by atoms with van der Waals surface area (Å²) in [6.07, 6.45) is 1.17. The van der Waals surface area contributed by atoms with Crippen LogP contribution in [0.3, 0.4) is 0 Å². The molecule has 3 aromatic carbocycles. The molecule has 0 saturated carbocycles. The lowest BCUT2D eigenvalue weighted by molar-refractivity contribution is -0.645. The molecule has 0 aliphatic heterocycles. The van der Waals surface area contributed by atoms with Crippen molar-refractivity contribution in [2.24, 2.45) is 0 Å². The molecule has 4 rings (SSSR count). The van der Waals surface area contributed by atoms with Crippen molar-refractivity contribution in [2.75, 3.05) is 40.3 Å². The predicted octanol–water partition coefficient (Wildman–Crippen LogP) is 5.79. The molecule has 0 aliphatic rings. The lowest BCUT2D eigenvalue weighted by atomic mass is 10.0. The summed E-state index contributed by atoms with van der Waals surface area (Å²) in [5.74, 6) is -0.333. The molecule has 0 unspecified atom stereocenters. The van der Waals surface area contributed by atoms with Crippen LogP contribution < -0.4 is 18.8 Å². The number of methoxy groups -OCH3 is 3. The van der Waals surface area contributed by atoms with Gasteiger partial charge in [0.15, 0.2) is 6.54 Å². The topological polar surface area (TPSA) is 148 Å². The smallest absolute Gasteiger partial charge is 0.345 e. The van der Waals surface area contributed by atoms with Gasteiger partial charge in [0, 0.05) is 32.8 Å². The van der Waals surface area contributed by atoms with Gasteiger partial charge in [-0.15, -0.1) is 0 Å². The highest BCUT2D eigenvalue weighted by Crippen LogP contribution is 2.34. The van der Waals surface area contributed by atoms with E-state index >= 15 is 0 Å². The molecular formula is C37H46NO11S+. The van der Waals surface area contributed by atoms with Crippen LogP contribution in [0.5, 0.6) is 17.2 Å². The summed E-state index contributed by atoms with van der Waals surface area (Å²) in [7, 11) is 0.208. The van der Waals surface area contributed by atoms with E-state index in [1.54, 1.807) is 64.5 Å². The number of aryl methyl sites for hydroxylation is 3. The molecule has 13 heteroatoms. The van der Waals surface area contributed by atoms with Crippen LogP contribution in [0.25, 0.3) is 21.8 Å². The Bertz CT molecular complexity index is 1930. The largest absolute Gasteiger partial charge is 0.490 e. The molecule has 0 amide bonds. The zero-order valence-corrected chi connectivity index (χ0v) is 30.4. The summed E-state index contributed by atoms with van der Waals surface area (Å²) < 4.78 is 68.9. The number of rotatable bonds is 17. The van der Waals surface area contributed by atoms with E-state index in [1.165, 1.54) is 7.11 Å². The highest BCUT2D eigenvalue weighted by Gasteiger charge is 2.29. The summed E-state index contributed by atoms with van der Waals surface area (Å²) in [4.78, 5) is 26.8. The zero-order valence-electron chi connectivity index (χ0n) is 29.6. The molecule has 0 saturated heterocycles. The Hall–Kier alpha value is -4.30. The number of carbonyl (C=O) groups excluding carboxylic acids is 2. The molecule has 50 heavy (non-hydrogen) atoms. The van der Waals surface area contributed by atoms with Crippen molar-refractivity contribution >= 4 is 43.9 Å². The van der Waals surface area contributed by atoms with Crippen LogP contribution in [0.15, 0.2) is 48.5 Å². The Morgan fingerprint density at radius 1 is 0.780 bits per heavy atom. The Morgan fingerprint density at radius 3 is 1.76 bits per heavy atom. The minimum absolute atomic E-state index is 0.0534. The molecule has 0 bridgehead atoms. The number of hydrogen-bond acceptors (Lipinski definition) is 10. The standard InChI is InChI=1S/C37H45NO11S/c1-8-26(9-2)47-27-11-13-32-30(19-27)34(37(40)49-35-23(3)17-25(18-24(35)4)36(39)46-7)31-20-28(48-29(21-44-5)22-45-6)12-14-33(31)38(32)15-10-16-50(41,42)43/h11-14,17-20,26,29H,8-10,15-16,21-22H2,1-7H3/p+1. The van der Waals surface area contributed by atoms with Gasteiger partial charge in [0.25, 0.3) is 10.1 Å². The SMILES string of the molecule is CCC(CC)Oc1ccc2c(c1)c(C(=O)Oc1c(C)cc(C(=O)OC)cc1C)c1cc(OC(COC)COC)ccc1[n+]2CCCS(=O)(=O)O. The van der Waals surface area contributed by atoms with Crippen LogP contribution in [-0.4, -0.2) is 77.4 Å². The second-order valence-electron chi connectivity index (χ2n) is 12.1. The average molecular weight is 713 g/mol. The fourth-order valence-corrected chi connectivity index (χ4v) is 6.50. The van der Waals surface area contributed by atoms with Crippen molar-refractivity contribution in [3.8, 4) is 17.2 Å². The molecule has 0 spiro atoms. The van der Waals surface area contributed by atoms with Gasteiger partial charge in [-0.3, -0.25) is 4.55 Å². The Morgan fingerprint density at radius 2 is 1.30 bits per heavy atom. The monoisotopic (exact) mass is 712 g/mol. The van der Waals surface area contributed by atoms with Gasteiger partial charge in [0.1, 0.15) is 23.4 Å². The molecule has 270 valence electrons. The first-order valence-electron chi connectivity index (χ1n) is 16.4. The summed E-state index contributed by atoms with van der Waals surface area (Å²) in [5.41, 5.74) is 2.91. The van der Waals surface area contributed by atoms with Crippen molar-refractivity contribution in [1.29, 1.82) is 0 Å². The molecule has 4 aromatic rings. The van der Waals surface area contributed by atoms with Crippen molar-refractivity contribution in [1.82, 2.24) is 0 Å². The molecule has 1 heterocycles. The number of carbonyl (C=O) groups is 2. The maximum Gasteiger partial charge on any atom is 0.345 e. The third-order valence-corrected chi connectivity index (χ3v) is 9.15. The molecule has 1 aromatic heterocycles. The van der Waals surface area contributed by atoms with E-state index < -0.39 is 33.9 Å². The maximum atomic E-state index is 14.5. The molecule has 0 fully saturated rings. The number of pyridine rings is 1. The van der Waals surface area contributed by atoms with Gasteiger partial charge in [-0.2, -0.15) is 13.0 Å². The van der Waals surface area contributed by atoms with E-state index in [4.69, 9.17) is 28.4 Å². The van der Waals surface area contributed by atoms with Crippen LogP contribution in [0, 0.1) is 13.8 Å². The molecule has 12 nitrogen and oxygen atoms in total. The summed E-state index contributed by atoms with van der Waals surface area (Å²) in [6.45, 7) is 8.27. The summed E-state index contributed by atoms with van der Waals surface area (Å²) in [5, 5.41) is 0.975. The summed E-state index contributed by atoms with van der Waals surface area (Å²) in [6, 6.07) is 13.9. The van der Waals surface area contributed by atoms with Gasteiger partial charge < -0.3 is 28.4 Å². The minimum atomic E-state index is -4.21. The normalized spacial score (nSPS) is 11.8. The Kier molecular flexibility index (Phi) is 13.2. The molecule has 0 atom stereocenters. The third kappa shape index (κ3) is 9.27. The van der Waals surface area contributed by atoms with E-state index in [9.17, 15) is 22.6 Å². The molecular weight excluding hydrogens is 666 g/mol. The first-order valence-corrected chi connectivity index (χ1v) is 18.1. The highest BCUT2D eigenvalue weighted by atomic mass is 32.2. The first-order chi connectivity index (χ1) is 23.8. The van der Waals surface area contributed by atoms with Crippen LogP contribution >= 0.6 is 0 Å². The van der Waals surface area contributed by atoms with E-state index in [0.717, 1.165) is 12.8 Å². The predicted molar refractivity (Wildman–Crippen MR) is 188 cm³/mol. The van der Waals surface area contributed by atoms with E-state index in [0.29, 0.717) is 55.7 Å². The van der Waals surface area contributed by atoms with Crippen molar-refractivity contribution < 1.29 is 55.5 Å². The lowest BCUT2D eigenvalue weighted by Crippen LogP contribution is -2.37. The number of ether oxygens (including phenoxy) is 6. The van der Waals surface area contributed by atoms with Gasteiger partial charge in [-0.25, -0.2) is 9.59 Å². The number of esters is 2. The van der Waals surface area contributed by atoms with Gasteiger partial charge >= 0.3 is 11.9 Å². The van der Waals surface area contributed by atoms with Crippen LogP contribution in [-0.2, 0) is 30.9 Å². The lowest BCUT2D eigenvalue weighted by Gasteiger charge is -2.19. The average Bonchev–Trinajstić information content (AvgIpc) is 3.07. The quantitative estimate of drug-likeness (QED) is 0.0467. The van der Waals surface area contributed by atoms with E-state index in [1.807, 2.05) is 30.5 Å². The minimum Gasteiger partial charge on any atom is -0.490 e. The summed E-state index contributed by atoms with van der Waals surface area (Å²) >= 11 is 0. The Labute approximate surface area is 292 Å². The number of nitrogens with zero attached hydrogens (tertiary/aromatic N) is 1. The maximum absolute atomic E-state index is 14.5. The fraction of sp³-hybridized carbons (Fsp3) is 0.432. The second kappa shape index (κ2) is 17.1. The van der Waals surface area contributed by atoms with E-state index in [2.05, 4.69) is 0 Å². The number of fused-ring (bicyclic) bond motifs is 2.